The first-order chi connectivity index (χ1) is 11.5. The summed E-state index contributed by atoms with van der Waals surface area (Å²) in [4.78, 5) is 26.2. The Labute approximate surface area is 149 Å². The van der Waals surface area contributed by atoms with Crippen molar-refractivity contribution in [2.45, 2.75) is 12.8 Å². The third kappa shape index (κ3) is 3.71. The molecule has 4 nitrogen and oxygen atoms in total. The molecule has 0 saturated carbocycles. The highest BCUT2D eigenvalue weighted by Crippen LogP contribution is 2.26. The second-order valence-corrected chi connectivity index (χ2v) is 6.38. The van der Waals surface area contributed by atoms with Crippen LogP contribution >= 0.6 is 23.2 Å². The Morgan fingerprint density at radius 3 is 2.54 bits per heavy atom. The van der Waals surface area contributed by atoms with Gasteiger partial charge >= 0.3 is 5.97 Å². The van der Waals surface area contributed by atoms with Crippen molar-refractivity contribution in [3.8, 4) is 0 Å². The van der Waals surface area contributed by atoms with Gasteiger partial charge in [-0.2, -0.15) is 0 Å². The molecule has 0 bridgehead atoms. The Morgan fingerprint density at radius 2 is 1.79 bits per heavy atom. The Balaban J connectivity index is 1.67. The summed E-state index contributed by atoms with van der Waals surface area (Å²) in [5.74, 6) is -0.873. The van der Waals surface area contributed by atoms with Gasteiger partial charge in [-0.3, -0.25) is 4.79 Å². The normalized spacial score (nSPS) is 13.3. The standard InChI is InChI=1S/C18H15Cl2NO3/c19-14-8-13(9-15(20)10-14)18(23)24-11-17(22)21-7-3-5-12-4-1-2-6-16(12)21/h1-2,4,6,8-10H,3,5,7,11H2. The number of fused-ring (bicyclic) bond motifs is 1. The summed E-state index contributed by atoms with van der Waals surface area (Å²) in [5.41, 5.74) is 2.24. The summed E-state index contributed by atoms with van der Waals surface area (Å²) in [6.07, 6.45) is 1.83. The number of esters is 1. The second-order valence-electron chi connectivity index (χ2n) is 5.51. The van der Waals surface area contributed by atoms with E-state index < -0.39 is 5.97 Å². The first-order valence-electron chi connectivity index (χ1n) is 7.56. The molecule has 24 heavy (non-hydrogen) atoms. The predicted molar refractivity (Wildman–Crippen MR) is 93.9 cm³/mol. The van der Waals surface area contributed by atoms with Gasteiger partial charge in [0.1, 0.15) is 0 Å². The lowest BCUT2D eigenvalue weighted by Crippen LogP contribution is -2.38. The van der Waals surface area contributed by atoms with Gasteiger partial charge in [0.15, 0.2) is 6.61 Å². The van der Waals surface area contributed by atoms with E-state index in [4.69, 9.17) is 27.9 Å². The van der Waals surface area contributed by atoms with Crippen molar-refractivity contribution in [1.29, 1.82) is 0 Å². The van der Waals surface area contributed by atoms with Crippen LogP contribution in [0.5, 0.6) is 0 Å². The molecule has 1 heterocycles. The summed E-state index contributed by atoms with van der Waals surface area (Å²) in [6.45, 7) is 0.299. The van der Waals surface area contributed by atoms with Gasteiger partial charge in [0.2, 0.25) is 0 Å². The molecule has 0 fully saturated rings. The third-order valence-electron chi connectivity index (χ3n) is 3.84. The zero-order valence-electron chi connectivity index (χ0n) is 12.8. The summed E-state index contributed by atoms with van der Waals surface area (Å²) in [7, 11) is 0. The smallest absolute Gasteiger partial charge is 0.338 e. The Hall–Kier alpha value is -2.04. The number of anilines is 1. The summed E-state index contributed by atoms with van der Waals surface area (Å²) >= 11 is 11.7. The van der Waals surface area contributed by atoms with Gasteiger partial charge in [-0.05, 0) is 42.7 Å². The number of halogens is 2. The average molecular weight is 364 g/mol. The number of aryl methyl sites for hydroxylation is 1. The minimum absolute atomic E-state index is 0.222. The number of nitrogens with zero attached hydrogens (tertiary/aromatic N) is 1. The summed E-state index contributed by atoms with van der Waals surface area (Å²) < 4.78 is 5.12. The fraction of sp³-hybridized carbons (Fsp3) is 0.222. The van der Waals surface area contributed by atoms with Gasteiger partial charge in [0.05, 0.1) is 5.56 Å². The lowest BCUT2D eigenvalue weighted by atomic mass is 10.0. The van der Waals surface area contributed by atoms with Crippen molar-refractivity contribution in [1.82, 2.24) is 0 Å². The van der Waals surface area contributed by atoms with Crippen molar-refractivity contribution in [3.05, 3.63) is 63.6 Å². The van der Waals surface area contributed by atoms with E-state index in [0.717, 1.165) is 24.1 Å². The zero-order valence-corrected chi connectivity index (χ0v) is 14.3. The first kappa shape index (κ1) is 16.8. The van der Waals surface area contributed by atoms with Gasteiger partial charge in [-0.1, -0.05) is 41.4 Å². The van der Waals surface area contributed by atoms with E-state index in [1.807, 2.05) is 24.3 Å². The number of para-hydroxylation sites is 1. The molecule has 124 valence electrons. The summed E-state index contributed by atoms with van der Waals surface area (Å²) in [6, 6.07) is 12.2. The molecule has 1 aliphatic rings. The van der Waals surface area contributed by atoms with Crippen molar-refractivity contribution >= 4 is 40.8 Å². The van der Waals surface area contributed by atoms with Crippen LogP contribution in [0.4, 0.5) is 5.69 Å². The average Bonchev–Trinajstić information content (AvgIpc) is 2.58. The molecule has 0 N–H and O–H groups in total. The van der Waals surface area contributed by atoms with Gasteiger partial charge in [-0.15, -0.1) is 0 Å². The first-order valence-corrected chi connectivity index (χ1v) is 8.31. The largest absolute Gasteiger partial charge is 0.452 e. The van der Waals surface area contributed by atoms with Crippen molar-refractivity contribution in [2.75, 3.05) is 18.1 Å². The highest BCUT2D eigenvalue weighted by Gasteiger charge is 2.23. The van der Waals surface area contributed by atoms with Crippen LogP contribution in [0.2, 0.25) is 10.0 Å². The fourth-order valence-corrected chi connectivity index (χ4v) is 3.28. The van der Waals surface area contributed by atoms with E-state index in [2.05, 4.69) is 0 Å². The lowest BCUT2D eigenvalue weighted by molar-refractivity contribution is -0.121. The number of rotatable bonds is 3. The van der Waals surface area contributed by atoms with Crippen molar-refractivity contribution in [2.24, 2.45) is 0 Å². The molecule has 2 aromatic rings. The maximum absolute atomic E-state index is 12.4. The Kier molecular flexibility index (Phi) is 5.07. The van der Waals surface area contributed by atoms with Crippen LogP contribution in [0, 0.1) is 0 Å². The van der Waals surface area contributed by atoms with Gasteiger partial charge < -0.3 is 9.64 Å². The van der Waals surface area contributed by atoms with Gasteiger partial charge in [0, 0.05) is 22.3 Å². The quantitative estimate of drug-likeness (QED) is 0.770. The highest BCUT2D eigenvalue weighted by molar-refractivity contribution is 6.35. The molecule has 2 aromatic carbocycles. The minimum atomic E-state index is -0.627. The predicted octanol–water partition coefficient (Wildman–Crippen LogP) is 4.13. The summed E-state index contributed by atoms with van der Waals surface area (Å²) in [5, 5.41) is 0.677. The van der Waals surface area contributed by atoms with E-state index in [0.29, 0.717) is 16.6 Å². The van der Waals surface area contributed by atoms with Crippen LogP contribution in [0.1, 0.15) is 22.3 Å². The number of hydrogen-bond acceptors (Lipinski definition) is 3. The monoisotopic (exact) mass is 363 g/mol. The maximum atomic E-state index is 12.4. The SMILES string of the molecule is O=C(OCC(=O)N1CCCc2ccccc21)c1cc(Cl)cc(Cl)c1. The lowest BCUT2D eigenvalue weighted by Gasteiger charge is -2.29. The second kappa shape index (κ2) is 7.24. The molecule has 0 radical (unpaired) electrons. The molecule has 6 heteroatoms. The minimum Gasteiger partial charge on any atom is -0.452 e. The van der Waals surface area contributed by atoms with E-state index in [1.165, 1.54) is 18.2 Å². The van der Waals surface area contributed by atoms with Crippen molar-refractivity contribution in [3.63, 3.8) is 0 Å². The van der Waals surface area contributed by atoms with Crippen molar-refractivity contribution < 1.29 is 14.3 Å². The van der Waals surface area contributed by atoms with Gasteiger partial charge in [0.25, 0.3) is 5.91 Å². The molecule has 1 aliphatic heterocycles. The van der Waals surface area contributed by atoms with Crippen LogP contribution in [0.15, 0.2) is 42.5 Å². The number of carbonyl (C=O) groups is 2. The highest BCUT2D eigenvalue weighted by atomic mass is 35.5. The Bertz CT molecular complexity index is 771. The number of amides is 1. The molecule has 0 atom stereocenters. The number of carbonyl (C=O) groups excluding carboxylic acids is 2. The van der Waals surface area contributed by atoms with Crippen LogP contribution in [-0.4, -0.2) is 25.0 Å². The number of benzene rings is 2. The number of hydrogen-bond donors (Lipinski definition) is 0. The zero-order chi connectivity index (χ0) is 17.1. The molecule has 0 spiro atoms. The maximum Gasteiger partial charge on any atom is 0.338 e. The third-order valence-corrected chi connectivity index (χ3v) is 4.27. The van der Waals surface area contributed by atoms with E-state index in [1.54, 1.807) is 4.90 Å². The van der Waals surface area contributed by atoms with E-state index >= 15 is 0 Å². The molecule has 0 aliphatic carbocycles. The van der Waals surface area contributed by atoms with Crippen LogP contribution < -0.4 is 4.90 Å². The molecule has 0 unspecified atom stereocenters. The molecular formula is C18H15Cl2NO3. The molecule has 0 saturated heterocycles. The molecule has 1 amide bonds. The number of ether oxygens (including phenoxy) is 1. The topological polar surface area (TPSA) is 46.6 Å². The van der Waals surface area contributed by atoms with Gasteiger partial charge in [-0.25, -0.2) is 4.79 Å². The molecule has 0 aromatic heterocycles. The van der Waals surface area contributed by atoms with Crippen LogP contribution in [0.25, 0.3) is 0 Å². The van der Waals surface area contributed by atoms with E-state index in [-0.39, 0.29) is 18.1 Å². The van der Waals surface area contributed by atoms with Crippen LogP contribution in [0.3, 0.4) is 0 Å². The van der Waals surface area contributed by atoms with E-state index in [9.17, 15) is 9.59 Å². The Morgan fingerprint density at radius 1 is 1.08 bits per heavy atom. The molecule has 3 rings (SSSR count). The molecular weight excluding hydrogens is 349 g/mol. The fourth-order valence-electron chi connectivity index (χ4n) is 2.75. The van der Waals surface area contributed by atoms with Crippen LogP contribution in [-0.2, 0) is 16.0 Å².